The third kappa shape index (κ3) is 6.22. The Labute approximate surface area is 171 Å². The van der Waals surface area contributed by atoms with Crippen LogP contribution in [0.1, 0.15) is 30.7 Å². The van der Waals surface area contributed by atoms with Crippen molar-refractivity contribution in [2.24, 2.45) is 0 Å². The van der Waals surface area contributed by atoms with Crippen LogP contribution in [0, 0.1) is 0 Å². The Morgan fingerprint density at radius 1 is 1.03 bits per heavy atom. The minimum absolute atomic E-state index is 0.100. The molecule has 0 fully saturated rings. The molecule has 3 aromatic rings. The van der Waals surface area contributed by atoms with E-state index < -0.39 is 10.0 Å². The Morgan fingerprint density at radius 3 is 2.52 bits per heavy atom. The van der Waals surface area contributed by atoms with Gasteiger partial charge >= 0.3 is 0 Å². The molecule has 0 saturated carbocycles. The van der Waals surface area contributed by atoms with Crippen LogP contribution in [0.2, 0.25) is 0 Å². The number of anilines is 1. The first-order valence-corrected chi connectivity index (χ1v) is 11.2. The zero-order chi connectivity index (χ0) is 20.9. The molecule has 1 heterocycles. The summed E-state index contributed by atoms with van der Waals surface area (Å²) in [4.78, 5) is 12.3. The molecular formula is C22H24N2O4S. The normalized spacial score (nSPS) is 12.3. The summed E-state index contributed by atoms with van der Waals surface area (Å²) in [5.74, 6) is 1.44. The quantitative estimate of drug-likeness (QED) is 0.582. The maximum atomic E-state index is 12.3. The van der Waals surface area contributed by atoms with Crippen LogP contribution in [0.15, 0.2) is 71.1 Å². The van der Waals surface area contributed by atoms with Crippen LogP contribution >= 0.6 is 0 Å². The SMILES string of the molecule is CC(NC(=O)CCc1ccc(-c2ccccc2)o1)c1cccc(NS(C)(=O)=O)c1. The molecule has 6 nitrogen and oxygen atoms in total. The first-order valence-electron chi connectivity index (χ1n) is 9.31. The summed E-state index contributed by atoms with van der Waals surface area (Å²) >= 11 is 0. The van der Waals surface area contributed by atoms with Crippen LogP contribution in [0.5, 0.6) is 0 Å². The number of nitrogens with one attached hydrogen (secondary N) is 2. The maximum absolute atomic E-state index is 12.3. The van der Waals surface area contributed by atoms with Gasteiger partial charge in [0.15, 0.2) is 0 Å². The van der Waals surface area contributed by atoms with Crippen LogP contribution in [-0.2, 0) is 21.2 Å². The molecule has 0 radical (unpaired) electrons. The van der Waals surface area contributed by atoms with E-state index in [1.165, 1.54) is 0 Å². The van der Waals surface area contributed by atoms with E-state index >= 15 is 0 Å². The highest BCUT2D eigenvalue weighted by molar-refractivity contribution is 7.92. The molecule has 0 bridgehead atoms. The van der Waals surface area contributed by atoms with Crippen molar-refractivity contribution >= 4 is 21.6 Å². The van der Waals surface area contributed by atoms with E-state index in [-0.39, 0.29) is 11.9 Å². The van der Waals surface area contributed by atoms with Gasteiger partial charge in [0.05, 0.1) is 12.3 Å². The molecule has 7 heteroatoms. The lowest BCUT2D eigenvalue weighted by Gasteiger charge is -2.15. The van der Waals surface area contributed by atoms with Crippen molar-refractivity contribution in [3.8, 4) is 11.3 Å². The molecule has 1 atom stereocenters. The zero-order valence-corrected chi connectivity index (χ0v) is 17.2. The molecule has 0 saturated heterocycles. The van der Waals surface area contributed by atoms with Crippen LogP contribution in [0.4, 0.5) is 5.69 Å². The zero-order valence-electron chi connectivity index (χ0n) is 16.4. The predicted molar refractivity (Wildman–Crippen MR) is 114 cm³/mol. The van der Waals surface area contributed by atoms with Gasteiger partial charge in [0.25, 0.3) is 0 Å². The Bertz CT molecular complexity index is 1070. The number of sulfonamides is 1. The van der Waals surface area contributed by atoms with E-state index in [1.807, 2.05) is 55.5 Å². The van der Waals surface area contributed by atoms with Gasteiger partial charge in [-0.2, -0.15) is 0 Å². The lowest BCUT2D eigenvalue weighted by molar-refractivity contribution is -0.121. The van der Waals surface area contributed by atoms with Gasteiger partial charge in [0.1, 0.15) is 11.5 Å². The molecule has 152 valence electrons. The first-order chi connectivity index (χ1) is 13.8. The summed E-state index contributed by atoms with van der Waals surface area (Å²) in [7, 11) is -3.35. The molecule has 1 aromatic heterocycles. The highest BCUT2D eigenvalue weighted by Crippen LogP contribution is 2.23. The summed E-state index contributed by atoms with van der Waals surface area (Å²) in [6.45, 7) is 1.86. The van der Waals surface area contributed by atoms with Crippen molar-refractivity contribution in [1.29, 1.82) is 0 Å². The van der Waals surface area contributed by atoms with Crippen LogP contribution in [-0.4, -0.2) is 20.6 Å². The van der Waals surface area contributed by atoms with Crippen molar-refractivity contribution in [3.05, 3.63) is 78.1 Å². The van der Waals surface area contributed by atoms with Gasteiger partial charge in [-0.05, 0) is 36.8 Å². The van der Waals surface area contributed by atoms with E-state index in [0.717, 1.165) is 28.9 Å². The lowest BCUT2D eigenvalue weighted by Crippen LogP contribution is -2.26. The lowest BCUT2D eigenvalue weighted by atomic mass is 10.1. The molecule has 0 spiro atoms. The maximum Gasteiger partial charge on any atom is 0.229 e. The van der Waals surface area contributed by atoms with Gasteiger partial charge in [0, 0.05) is 24.1 Å². The van der Waals surface area contributed by atoms with Gasteiger partial charge < -0.3 is 9.73 Å². The van der Waals surface area contributed by atoms with Crippen LogP contribution in [0.3, 0.4) is 0 Å². The molecule has 3 rings (SSSR count). The van der Waals surface area contributed by atoms with Crippen LogP contribution < -0.4 is 10.0 Å². The van der Waals surface area contributed by atoms with E-state index in [1.54, 1.807) is 18.2 Å². The van der Waals surface area contributed by atoms with E-state index in [2.05, 4.69) is 10.0 Å². The molecule has 1 amide bonds. The van der Waals surface area contributed by atoms with Crippen LogP contribution in [0.25, 0.3) is 11.3 Å². The number of aryl methyl sites for hydroxylation is 1. The Hall–Kier alpha value is -3.06. The average molecular weight is 413 g/mol. The van der Waals surface area contributed by atoms with Gasteiger partial charge in [-0.1, -0.05) is 42.5 Å². The number of rotatable bonds is 8. The third-order valence-corrected chi connectivity index (χ3v) is 4.99. The first kappa shape index (κ1) is 20.7. The highest BCUT2D eigenvalue weighted by atomic mass is 32.2. The fourth-order valence-electron chi connectivity index (χ4n) is 2.99. The fourth-order valence-corrected chi connectivity index (χ4v) is 3.54. The third-order valence-electron chi connectivity index (χ3n) is 4.39. The van der Waals surface area contributed by atoms with Gasteiger partial charge in [-0.25, -0.2) is 8.42 Å². The molecule has 29 heavy (non-hydrogen) atoms. The van der Waals surface area contributed by atoms with Gasteiger partial charge in [0.2, 0.25) is 15.9 Å². The summed E-state index contributed by atoms with van der Waals surface area (Å²) in [5, 5.41) is 2.94. The molecule has 2 N–H and O–H groups in total. The predicted octanol–water partition coefficient (Wildman–Crippen LogP) is 4.13. The van der Waals surface area contributed by atoms with E-state index in [4.69, 9.17) is 4.42 Å². The second-order valence-corrected chi connectivity index (χ2v) is 8.67. The summed E-state index contributed by atoms with van der Waals surface area (Å²) in [6, 6.07) is 20.3. The van der Waals surface area contributed by atoms with Gasteiger partial charge in [-0.15, -0.1) is 0 Å². The number of furan rings is 1. The van der Waals surface area contributed by atoms with Gasteiger partial charge in [-0.3, -0.25) is 9.52 Å². The van der Waals surface area contributed by atoms with Crippen molar-refractivity contribution in [2.75, 3.05) is 11.0 Å². The number of amides is 1. The molecule has 1 unspecified atom stereocenters. The smallest absolute Gasteiger partial charge is 0.229 e. The minimum atomic E-state index is -3.35. The largest absolute Gasteiger partial charge is 0.461 e. The monoisotopic (exact) mass is 412 g/mol. The van der Waals surface area contributed by atoms with Crippen molar-refractivity contribution < 1.29 is 17.6 Å². The standard InChI is InChI=1S/C22H24N2O4S/c1-16(18-9-6-10-19(15-18)24-29(2,26)27)23-22(25)14-12-20-11-13-21(28-20)17-7-4-3-5-8-17/h3-11,13,15-16,24H,12,14H2,1-2H3,(H,23,25). The summed E-state index contributed by atoms with van der Waals surface area (Å²) < 4.78 is 31.0. The number of hydrogen-bond donors (Lipinski definition) is 2. The summed E-state index contributed by atoms with van der Waals surface area (Å²) in [6.07, 6.45) is 1.90. The number of hydrogen-bond acceptors (Lipinski definition) is 4. The Morgan fingerprint density at radius 2 is 1.79 bits per heavy atom. The number of carbonyl (C=O) groups is 1. The number of carbonyl (C=O) groups excluding carboxylic acids is 1. The number of benzene rings is 2. The average Bonchev–Trinajstić information content (AvgIpc) is 3.15. The summed E-state index contributed by atoms with van der Waals surface area (Å²) in [5.41, 5.74) is 2.28. The molecular weight excluding hydrogens is 388 g/mol. The second kappa shape index (κ2) is 8.96. The van der Waals surface area contributed by atoms with Crippen molar-refractivity contribution in [1.82, 2.24) is 5.32 Å². The van der Waals surface area contributed by atoms with Crippen molar-refractivity contribution in [3.63, 3.8) is 0 Å². The topological polar surface area (TPSA) is 88.4 Å². The van der Waals surface area contributed by atoms with Crippen molar-refractivity contribution in [2.45, 2.75) is 25.8 Å². The molecule has 0 aliphatic rings. The second-order valence-electron chi connectivity index (χ2n) is 6.92. The fraction of sp³-hybridized carbons (Fsp3) is 0.227. The minimum Gasteiger partial charge on any atom is -0.461 e. The molecule has 2 aromatic carbocycles. The highest BCUT2D eigenvalue weighted by Gasteiger charge is 2.12. The Kier molecular flexibility index (Phi) is 6.39. The molecule has 0 aliphatic carbocycles. The van der Waals surface area contributed by atoms with E-state index in [9.17, 15) is 13.2 Å². The molecule has 0 aliphatic heterocycles. The Balaban J connectivity index is 1.54. The van der Waals surface area contributed by atoms with E-state index in [0.29, 0.717) is 18.5 Å².